The van der Waals surface area contributed by atoms with Gasteiger partial charge in [-0.25, -0.2) is 0 Å². The molecule has 0 aromatic carbocycles. The van der Waals surface area contributed by atoms with Crippen LogP contribution < -0.4 is 5.73 Å². The zero-order chi connectivity index (χ0) is 11.9. The average Bonchev–Trinajstić information content (AvgIpc) is 2.13. The van der Waals surface area contributed by atoms with Crippen LogP contribution in [0, 0.1) is 0 Å². The standard InChI is InChI=1S/C12H27NO2/c1-6-12(4,8-9-14-5)15-10-7-11(2,3)13/h6-10,13H2,1-5H3. The second kappa shape index (κ2) is 6.46. The molecule has 0 aliphatic carbocycles. The van der Waals surface area contributed by atoms with E-state index in [1.54, 1.807) is 7.11 Å². The molecule has 0 aromatic rings. The van der Waals surface area contributed by atoms with E-state index in [1.165, 1.54) is 0 Å². The summed E-state index contributed by atoms with van der Waals surface area (Å²) in [6.45, 7) is 9.79. The van der Waals surface area contributed by atoms with Gasteiger partial charge in [-0.2, -0.15) is 0 Å². The van der Waals surface area contributed by atoms with Crippen molar-refractivity contribution in [3.63, 3.8) is 0 Å². The Bertz CT molecular complexity index is 165. The van der Waals surface area contributed by atoms with Gasteiger partial charge in [0.15, 0.2) is 0 Å². The minimum atomic E-state index is -0.143. The number of methoxy groups -OCH3 is 1. The van der Waals surface area contributed by atoms with Crippen molar-refractivity contribution >= 4 is 0 Å². The summed E-state index contributed by atoms with van der Waals surface area (Å²) in [4.78, 5) is 0. The van der Waals surface area contributed by atoms with Gasteiger partial charge in [-0.3, -0.25) is 0 Å². The zero-order valence-electron chi connectivity index (χ0n) is 10.9. The normalized spacial score (nSPS) is 16.4. The van der Waals surface area contributed by atoms with Crippen molar-refractivity contribution in [3.8, 4) is 0 Å². The van der Waals surface area contributed by atoms with Gasteiger partial charge in [0.25, 0.3) is 0 Å². The molecule has 0 fully saturated rings. The van der Waals surface area contributed by atoms with E-state index in [-0.39, 0.29) is 11.1 Å². The molecule has 0 saturated heterocycles. The van der Waals surface area contributed by atoms with E-state index in [0.717, 1.165) is 32.5 Å². The predicted molar refractivity (Wildman–Crippen MR) is 64.0 cm³/mol. The van der Waals surface area contributed by atoms with Crippen LogP contribution in [0.2, 0.25) is 0 Å². The maximum absolute atomic E-state index is 5.90. The molecule has 0 bridgehead atoms. The fourth-order valence-electron chi connectivity index (χ4n) is 1.23. The highest BCUT2D eigenvalue weighted by atomic mass is 16.5. The minimum Gasteiger partial charge on any atom is -0.385 e. The third kappa shape index (κ3) is 7.77. The Hall–Kier alpha value is -0.120. The Morgan fingerprint density at radius 1 is 1.07 bits per heavy atom. The highest BCUT2D eigenvalue weighted by molar-refractivity contribution is 4.76. The lowest BCUT2D eigenvalue weighted by atomic mass is 9.98. The fraction of sp³-hybridized carbons (Fsp3) is 1.00. The minimum absolute atomic E-state index is 0.0682. The average molecular weight is 217 g/mol. The predicted octanol–water partition coefficient (Wildman–Crippen LogP) is 2.34. The van der Waals surface area contributed by atoms with E-state index in [1.807, 2.05) is 13.8 Å². The Morgan fingerprint density at radius 3 is 2.07 bits per heavy atom. The molecule has 0 aliphatic rings. The Kier molecular flexibility index (Phi) is 6.41. The molecule has 3 nitrogen and oxygen atoms in total. The molecule has 0 radical (unpaired) electrons. The maximum Gasteiger partial charge on any atom is 0.0673 e. The molecular formula is C12H27NO2. The van der Waals surface area contributed by atoms with E-state index in [2.05, 4.69) is 13.8 Å². The molecule has 1 atom stereocenters. The van der Waals surface area contributed by atoms with Crippen LogP contribution in [0.25, 0.3) is 0 Å². The first-order chi connectivity index (χ1) is 6.83. The van der Waals surface area contributed by atoms with Gasteiger partial charge in [0, 0.05) is 25.9 Å². The highest BCUT2D eigenvalue weighted by Crippen LogP contribution is 2.21. The number of ether oxygens (including phenoxy) is 2. The summed E-state index contributed by atoms with van der Waals surface area (Å²) in [5.41, 5.74) is 5.69. The van der Waals surface area contributed by atoms with Crippen LogP contribution in [0.5, 0.6) is 0 Å². The first kappa shape index (κ1) is 14.9. The number of hydrogen-bond donors (Lipinski definition) is 1. The summed E-state index contributed by atoms with van der Waals surface area (Å²) in [5, 5.41) is 0. The van der Waals surface area contributed by atoms with Crippen LogP contribution in [0.1, 0.15) is 47.0 Å². The van der Waals surface area contributed by atoms with Crippen LogP contribution in [-0.4, -0.2) is 31.5 Å². The number of nitrogens with two attached hydrogens (primary N) is 1. The fourth-order valence-corrected chi connectivity index (χ4v) is 1.23. The molecule has 92 valence electrons. The van der Waals surface area contributed by atoms with E-state index in [0.29, 0.717) is 0 Å². The molecule has 0 aromatic heterocycles. The molecular weight excluding hydrogens is 190 g/mol. The van der Waals surface area contributed by atoms with Crippen molar-refractivity contribution in [3.05, 3.63) is 0 Å². The topological polar surface area (TPSA) is 44.5 Å². The second-order valence-electron chi connectivity index (χ2n) is 5.13. The summed E-state index contributed by atoms with van der Waals surface area (Å²) in [6, 6.07) is 0. The Morgan fingerprint density at radius 2 is 1.67 bits per heavy atom. The Balaban J connectivity index is 3.87. The highest BCUT2D eigenvalue weighted by Gasteiger charge is 2.23. The monoisotopic (exact) mass is 217 g/mol. The van der Waals surface area contributed by atoms with Crippen molar-refractivity contribution in [2.45, 2.75) is 58.1 Å². The van der Waals surface area contributed by atoms with Crippen LogP contribution in [-0.2, 0) is 9.47 Å². The number of hydrogen-bond acceptors (Lipinski definition) is 3. The van der Waals surface area contributed by atoms with Gasteiger partial charge < -0.3 is 15.2 Å². The van der Waals surface area contributed by atoms with Crippen LogP contribution >= 0.6 is 0 Å². The van der Waals surface area contributed by atoms with Crippen molar-refractivity contribution in [2.24, 2.45) is 5.73 Å². The van der Waals surface area contributed by atoms with E-state index < -0.39 is 0 Å². The summed E-state index contributed by atoms with van der Waals surface area (Å²) in [6.07, 6.45) is 2.82. The molecule has 15 heavy (non-hydrogen) atoms. The summed E-state index contributed by atoms with van der Waals surface area (Å²) < 4.78 is 11.0. The van der Waals surface area contributed by atoms with E-state index >= 15 is 0 Å². The van der Waals surface area contributed by atoms with Gasteiger partial charge >= 0.3 is 0 Å². The van der Waals surface area contributed by atoms with Crippen molar-refractivity contribution in [2.75, 3.05) is 20.3 Å². The Labute approximate surface area is 94.3 Å². The quantitative estimate of drug-likeness (QED) is 0.678. The molecule has 3 heteroatoms. The van der Waals surface area contributed by atoms with Gasteiger partial charge in [0.05, 0.1) is 5.60 Å². The van der Waals surface area contributed by atoms with Gasteiger partial charge in [-0.15, -0.1) is 0 Å². The van der Waals surface area contributed by atoms with Crippen LogP contribution in [0.4, 0.5) is 0 Å². The maximum atomic E-state index is 5.90. The lowest BCUT2D eigenvalue weighted by Crippen LogP contribution is -2.36. The van der Waals surface area contributed by atoms with E-state index in [4.69, 9.17) is 15.2 Å². The molecule has 0 heterocycles. The molecule has 0 spiro atoms. The third-order valence-electron chi connectivity index (χ3n) is 2.78. The molecule has 2 N–H and O–H groups in total. The molecule has 0 saturated carbocycles. The van der Waals surface area contributed by atoms with Crippen molar-refractivity contribution in [1.29, 1.82) is 0 Å². The zero-order valence-corrected chi connectivity index (χ0v) is 10.9. The SMILES string of the molecule is CCC(C)(CCOC)OCCC(C)(C)N. The second-order valence-corrected chi connectivity index (χ2v) is 5.13. The van der Waals surface area contributed by atoms with Gasteiger partial charge in [0.1, 0.15) is 0 Å². The van der Waals surface area contributed by atoms with Gasteiger partial charge in [-0.1, -0.05) is 6.92 Å². The van der Waals surface area contributed by atoms with Gasteiger partial charge in [0.2, 0.25) is 0 Å². The first-order valence-corrected chi connectivity index (χ1v) is 5.75. The summed E-state index contributed by atoms with van der Waals surface area (Å²) in [7, 11) is 1.72. The molecule has 0 amide bonds. The van der Waals surface area contributed by atoms with Crippen molar-refractivity contribution in [1.82, 2.24) is 0 Å². The first-order valence-electron chi connectivity index (χ1n) is 5.75. The molecule has 0 aliphatic heterocycles. The smallest absolute Gasteiger partial charge is 0.0673 e. The van der Waals surface area contributed by atoms with Crippen LogP contribution in [0.15, 0.2) is 0 Å². The van der Waals surface area contributed by atoms with E-state index in [9.17, 15) is 0 Å². The summed E-state index contributed by atoms with van der Waals surface area (Å²) in [5.74, 6) is 0. The number of rotatable bonds is 8. The molecule has 0 rings (SSSR count). The third-order valence-corrected chi connectivity index (χ3v) is 2.78. The van der Waals surface area contributed by atoms with Gasteiger partial charge in [-0.05, 0) is 40.0 Å². The summed E-state index contributed by atoms with van der Waals surface area (Å²) >= 11 is 0. The van der Waals surface area contributed by atoms with Crippen molar-refractivity contribution < 1.29 is 9.47 Å². The lowest BCUT2D eigenvalue weighted by Gasteiger charge is -2.30. The largest absolute Gasteiger partial charge is 0.385 e. The van der Waals surface area contributed by atoms with Crippen LogP contribution in [0.3, 0.4) is 0 Å². The molecule has 1 unspecified atom stereocenters. The lowest BCUT2D eigenvalue weighted by molar-refractivity contribution is -0.0567.